The average Bonchev–Trinajstić information content (AvgIpc) is 3.64. The van der Waals surface area contributed by atoms with Crippen LogP contribution in [0.3, 0.4) is 0 Å². The molecule has 0 saturated heterocycles. The zero-order valence-electron chi connectivity index (χ0n) is 22.6. The minimum absolute atomic E-state index is 0.0839. The standard InChI is InChI=1S/C32H29N5O4/c1-22-9-5-6-12-25(22)31(32(39)33-18-23-10-3-2-4-11-23)36(19-24-15-16-28-29(17-24)41-21-40-28)30(38)20-37-27-14-8-7-13-26(27)34-35-37/h2-17,31H,18-21H2,1H3,(H,33,39). The quantitative estimate of drug-likeness (QED) is 0.291. The molecule has 9 heteroatoms. The molecule has 1 N–H and O–H groups in total. The van der Waals surface area contributed by atoms with Gasteiger partial charge in [-0.15, -0.1) is 5.10 Å². The fourth-order valence-corrected chi connectivity index (χ4v) is 5.04. The Labute approximate surface area is 237 Å². The van der Waals surface area contributed by atoms with Crippen molar-refractivity contribution < 1.29 is 19.1 Å². The van der Waals surface area contributed by atoms with Crippen LogP contribution >= 0.6 is 0 Å². The number of amides is 2. The Balaban J connectivity index is 1.38. The molecule has 1 aromatic heterocycles. The molecule has 2 heterocycles. The van der Waals surface area contributed by atoms with Crippen molar-refractivity contribution in [1.29, 1.82) is 0 Å². The van der Waals surface area contributed by atoms with Crippen LogP contribution in [-0.2, 0) is 29.2 Å². The molecule has 0 fully saturated rings. The van der Waals surface area contributed by atoms with Gasteiger partial charge in [-0.1, -0.05) is 78.0 Å². The third kappa shape index (κ3) is 5.60. The number of hydrogen-bond acceptors (Lipinski definition) is 6. The van der Waals surface area contributed by atoms with Crippen LogP contribution in [0.4, 0.5) is 0 Å². The predicted molar refractivity (Wildman–Crippen MR) is 153 cm³/mol. The van der Waals surface area contributed by atoms with E-state index in [9.17, 15) is 9.59 Å². The topological polar surface area (TPSA) is 98.6 Å². The van der Waals surface area contributed by atoms with Gasteiger partial charge >= 0.3 is 0 Å². The van der Waals surface area contributed by atoms with Gasteiger partial charge in [0.1, 0.15) is 18.1 Å². The molecule has 206 valence electrons. The summed E-state index contributed by atoms with van der Waals surface area (Å²) in [7, 11) is 0. The second kappa shape index (κ2) is 11.5. The number of nitrogens with zero attached hydrogens (tertiary/aromatic N) is 4. The van der Waals surface area contributed by atoms with E-state index < -0.39 is 6.04 Å². The first-order valence-corrected chi connectivity index (χ1v) is 13.4. The summed E-state index contributed by atoms with van der Waals surface area (Å²) in [6, 6.07) is 29.5. The highest BCUT2D eigenvalue weighted by atomic mass is 16.7. The number of fused-ring (bicyclic) bond motifs is 2. The summed E-state index contributed by atoms with van der Waals surface area (Å²) in [6.45, 7) is 2.51. The number of hydrogen-bond donors (Lipinski definition) is 1. The highest BCUT2D eigenvalue weighted by Crippen LogP contribution is 2.34. The highest BCUT2D eigenvalue weighted by Gasteiger charge is 2.33. The Bertz CT molecular complexity index is 1700. The Kier molecular flexibility index (Phi) is 7.32. The van der Waals surface area contributed by atoms with Crippen molar-refractivity contribution in [1.82, 2.24) is 25.2 Å². The fourth-order valence-electron chi connectivity index (χ4n) is 5.04. The van der Waals surface area contributed by atoms with E-state index in [1.165, 1.54) is 0 Å². The van der Waals surface area contributed by atoms with Gasteiger partial charge in [0.2, 0.25) is 18.6 Å². The Morgan fingerprint density at radius 2 is 1.66 bits per heavy atom. The van der Waals surface area contributed by atoms with Crippen LogP contribution in [0.25, 0.3) is 11.0 Å². The zero-order chi connectivity index (χ0) is 28.2. The highest BCUT2D eigenvalue weighted by molar-refractivity contribution is 5.89. The van der Waals surface area contributed by atoms with Gasteiger partial charge in [-0.05, 0) is 53.4 Å². The normalized spacial score (nSPS) is 12.7. The smallest absolute Gasteiger partial charge is 0.247 e. The Hall–Kier alpha value is -5.18. The van der Waals surface area contributed by atoms with Crippen LogP contribution in [0.2, 0.25) is 0 Å². The molecular weight excluding hydrogens is 518 g/mol. The number of nitrogens with one attached hydrogen (secondary N) is 1. The van der Waals surface area contributed by atoms with Gasteiger partial charge in [-0.3, -0.25) is 9.59 Å². The van der Waals surface area contributed by atoms with Crippen LogP contribution in [-0.4, -0.2) is 38.5 Å². The lowest BCUT2D eigenvalue weighted by Crippen LogP contribution is -2.44. The number of carbonyl (C=O) groups excluding carboxylic acids is 2. The number of carbonyl (C=O) groups is 2. The van der Waals surface area contributed by atoms with Crippen molar-refractivity contribution in [2.45, 2.75) is 32.6 Å². The van der Waals surface area contributed by atoms with Crippen LogP contribution < -0.4 is 14.8 Å². The van der Waals surface area contributed by atoms with E-state index in [0.717, 1.165) is 27.8 Å². The van der Waals surface area contributed by atoms with E-state index in [4.69, 9.17) is 9.47 Å². The van der Waals surface area contributed by atoms with E-state index in [0.29, 0.717) is 23.6 Å². The molecule has 0 bridgehead atoms. The van der Waals surface area contributed by atoms with Crippen molar-refractivity contribution in [2.75, 3.05) is 6.79 Å². The van der Waals surface area contributed by atoms with Gasteiger partial charge < -0.3 is 19.7 Å². The van der Waals surface area contributed by atoms with Crippen molar-refractivity contribution >= 4 is 22.8 Å². The lowest BCUT2D eigenvalue weighted by Gasteiger charge is -2.32. The van der Waals surface area contributed by atoms with Crippen LogP contribution in [0.15, 0.2) is 97.1 Å². The maximum atomic E-state index is 14.2. The first-order valence-electron chi connectivity index (χ1n) is 13.4. The van der Waals surface area contributed by atoms with Gasteiger partial charge in [-0.2, -0.15) is 0 Å². The monoisotopic (exact) mass is 547 g/mol. The molecule has 1 aliphatic heterocycles. The minimum atomic E-state index is -0.896. The molecule has 6 rings (SSSR count). The van der Waals surface area contributed by atoms with Crippen molar-refractivity contribution in [3.63, 3.8) is 0 Å². The largest absolute Gasteiger partial charge is 0.454 e. The number of rotatable bonds is 9. The molecule has 5 aromatic rings. The van der Waals surface area contributed by atoms with Crippen LogP contribution in [0.5, 0.6) is 11.5 Å². The third-order valence-corrected chi connectivity index (χ3v) is 7.17. The molecule has 1 atom stereocenters. The lowest BCUT2D eigenvalue weighted by atomic mass is 9.98. The summed E-state index contributed by atoms with van der Waals surface area (Å²) in [5.41, 5.74) is 4.86. The van der Waals surface area contributed by atoms with Crippen LogP contribution in [0.1, 0.15) is 28.3 Å². The molecule has 0 saturated carbocycles. The number of benzene rings is 4. The Morgan fingerprint density at radius 1 is 0.902 bits per heavy atom. The average molecular weight is 548 g/mol. The summed E-state index contributed by atoms with van der Waals surface area (Å²) in [6.07, 6.45) is 0. The molecule has 0 spiro atoms. The van der Waals surface area contributed by atoms with Gasteiger partial charge in [0.05, 0.1) is 5.52 Å². The molecular formula is C32H29N5O4. The molecule has 0 radical (unpaired) electrons. The summed E-state index contributed by atoms with van der Waals surface area (Å²) in [5.74, 6) is 0.706. The number of para-hydroxylation sites is 1. The zero-order valence-corrected chi connectivity index (χ0v) is 22.6. The van der Waals surface area contributed by atoms with E-state index in [1.54, 1.807) is 9.58 Å². The van der Waals surface area contributed by atoms with E-state index in [2.05, 4.69) is 15.6 Å². The van der Waals surface area contributed by atoms with E-state index in [-0.39, 0.29) is 31.7 Å². The van der Waals surface area contributed by atoms with Crippen molar-refractivity contribution in [3.05, 3.63) is 119 Å². The van der Waals surface area contributed by atoms with Gasteiger partial charge in [0.25, 0.3) is 0 Å². The van der Waals surface area contributed by atoms with Crippen molar-refractivity contribution in [2.24, 2.45) is 0 Å². The van der Waals surface area contributed by atoms with Gasteiger partial charge in [0, 0.05) is 13.1 Å². The second-order valence-corrected chi connectivity index (χ2v) is 9.91. The summed E-state index contributed by atoms with van der Waals surface area (Å²) in [5, 5.41) is 11.5. The number of aromatic nitrogens is 3. The first kappa shape index (κ1) is 26.1. The number of aryl methyl sites for hydroxylation is 1. The maximum Gasteiger partial charge on any atom is 0.247 e. The van der Waals surface area contributed by atoms with Gasteiger partial charge in [-0.25, -0.2) is 4.68 Å². The van der Waals surface area contributed by atoms with Crippen LogP contribution in [0, 0.1) is 6.92 Å². The molecule has 1 unspecified atom stereocenters. The minimum Gasteiger partial charge on any atom is -0.454 e. The first-order chi connectivity index (χ1) is 20.1. The predicted octanol–water partition coefficient (Wildman–Crippen LogP) is 4.55. The second-order valence-electron chi connectivity index (χ2n) is 9.91. The summed E-state index contributed by atoms with van der Waals surface area (Å²) >= 11 is 0. The molecule has 2 amide bonds. The molecule has 1 aliphatic rings. The molecule has 9 nitrogen and oxygen atoms in total. The maximum absolute atomic E-state index is 14.2. The summed E-state index contributed by atoms with van der Waals surface area (Å²) in [4.78, 5) is 29.8. The van der Waals surface area contributed by atoms with E-state index in [1.807, 2.05) is 104 Å². The van der Waals surface area contributed by atoms with Gasteiger partial charge in [0.15, 0.2) is 11.5 Å². The fraction of sp³-hybridized carbons (Fsp3) is 0.188. The summed E-state index contributed by atoms with van der Waals surface area (Å²) < 4.78 is 12.6. The molecule has 41 heavy (non-hydrogen) atoms. The third-order valence-electron chi connectivity index (χ3n) is 7.17. The van der Waals surface area contributed by atoms with E-state index >= 15 is 0 Å². The Morgan fingerprint density at radius 3 is 2.51 bits per heavy atom. The molecule has 4 aromatic carbocycles. The lowest BCUT2D eigenvalue weighted by molar-refractivity contribution is -0.142. The van der Waals surface area contributed by atoms with Crippen molar-refractivity contribution in [3.8, 4) is 11.5 Å². The number of ether oxygens (including phenoxy) is 2. The molecule has 0 aliphatic carbocycles. The SMILES string of the molecule is Cc1ccccc1C(C(=O)NCc1ccccc1)N(Cc1ccc2c(c1)OCO2)C(=O)Cn1nnc2ccccc21.